The Bertz CT molecular complexity index is 437. The molecule has 0 aliphatic carbocycles. The van der Waals surface area contributed by atoms with Crippen LogP contribution in [0.1, 0.15) is 38.3 Å². The molecule has 1 aromatic heterocycles. The zero-order valence-corrected chi connectivity index (χ0v) is 10.0. The fourth-order valence-electron chi connectivity index (χ4n) is 1.85. The fraction of sp³-hybridized carbons (Fsp3) is 0.500. The summed E-state index contributed by atoms with van der Waals surface area (Å²) in [5.41, 5.74) is 1.12. The van der Waals surface area contributed by atoms with E-state index in [1.807, 2.05) is 12.1 Å². The van der Waals surface area contributed by atoms with Crippen LogP contribution in [0, 0.1) is 0 Å². The number of carbonyl (C=O) groups is 2. The first-order valence-corrected chi connectivity index (χ1v) is 5.85. The first-order chi connectivity index (χ1) is 8.06. The number of H-pyrrole nitrogens is 1. The van der Waals surface area contributed by atoms with Crippen LogP contribution < -0.4 is 10.6 Å². The number of amides is 2. The van der Waals surface area contributed by atoms with Gasteiger partial charge in [-0.05, 0) is 24.5 Å². The number of imide groups is 1. The standard InChI is InChI=1S/C12H17N3O2/c1-7(2)8-3-5-10(13-8)14-9-4-6-11(16)15-12(9)17/h3,5,7,9,13-14H,4,6H2,1-2H3,(H,15,16,17). The maximum atomic E-state index is 11.5. The van der Waals surface area contributed by atoms with Crippen LogP contribution >= 0.6 is 0 Å². The summed E-state index contributed by atoms with van der Waals surface area (Å²) in [4.78, 5) is 25.8. The maximum Gasteiger partial charge on any atom is 0.249 e. The number of piperidine rings is 1. The average Bonchev–Trinajstić information content (AvgIpc) is 2.71. The molecule has 1 aliphatic heterocycles. The number of anilines is 1. The van der Waals surface area contributed by atoms with E-state index < -0.39 is 0 Å². The van der Waals surface area contributed by atoms with E-state index in [1.54, 1.807) is 0 Å². The third-order valence-electron chi connectivity index (χ3n) is 2.90. The summed E-state index contributed by atoms with van der Waals surface area (Å²) >= 11 is 0. The lowest BCUT2D eigenvalue weighted by molar-refractivity contribution is -0.133. The van der Waals surface area contributed by atoms with E-state index in [0.717, 1.165) is 11.5 Å². The molecule has 3 N–H and O–H groups in total. The number of rotatable bonds is 3. The number of aromatic amines is 1. The van der Waals surface area contributed by atoms with Gasteiger partial charge in [0.15, 0.2) is 0 Å². The van der Waals surface area contributed by atoms with Gasteiger partial charge in [-0.1, -0.05) is 13.8 Å². The number of hydrogen-bond acceptors (Lipinski definition) is 3. The molecule has 0 saturated carbocycles. The van der Waals surface area contributed by atoms with Gasteiger partial charge >= 0.3 is 0 Å². The van der Waals surface area contributed by atoms with Crippen molar-refractivity contribution < 1.29 is 9.59 Å². The summed E-state index contributed by atoms with van der Waals surface area (Å²) in [6, 6.07) is 3.59. The zero-order valence-electron chi connectivity index (χ0n) is 10.0. The molecule has 0 bridgehead atoms. The Morgan fingerprint density at radius 1 is 1.35 bits per heavy atom. The normalized spacial score (nSPS) is 20.5. The molecule has 0 radical (unpaired) electrons. The number of nitrogens with one attached hydrogen (secondary N) is 3. The Morgan fingerprint density at radius 3 is 2.71 bits per heavy atom. The largest absolute Gasteiger partial charge is 0.360 e. The fourth-order valence-corrected chi connectivity index (χ4v) is 1.85. The summed E-state index contributed by atoms with van der Waals surface area (Å²) in [6.45, 7) is 4.20. The average molecular weight is 235 g/mol. The van der Waals surface area contributed by atoms with E-state index >= 15 is 0 Å². The van der Waals surface area contributed by atoms with Crippen LogP contribution in [0.15, 0.2) is 12.1 Å². The van der Waals surface area contributed by atoms with Crippen molar-refractivity contribution in [3.63, 3.8) is 0 Å². The lowest BCUT2D eigenvalue weighted by atomic mass is 10.1. The van der Waals surface area contributed by atoms with Gasteiger partial charge in [0.2, 0.25) is 11.8 Å². The molecule has 1 saturated heterocycles. The van der Waals surface area contributed by atoms with Gasteiger partial charge in [0.1, 0.15) is 11.9 Å². The molecule has 92 valence electrons. The van der Waals surface area contributed by atoms with Crippen molar-refractivity contribution >= 4 is 17.6 Å². The van der Waals surface area contributed by atoms with Gasteiger partial charge in [-0.2, -0.15) is 0 Å². The number of carbonyl (C=O) groups excluding carboxylic acids is 2. The smallest absolute Gasteiger partial charge is 0.249 e. The first-order valence-electron chi connectivity index (χ1n) is 5.85. The predicted molar refractivity (Wildman–Crippen MR) is 64.7 cm³/mol. The molecule has 5 nitrogen and oxygen atoms in total. The minimum atomic E-state index is -0.327. The van der Waals surface area contributed by atoms with Gasteiger partial charge in [-0.15, -0.1) is 0 Å². The molecule has 1 unspecified atom stereocenters. The SMILES string of the molecule is CC(C)c1ccc(NC2CCC(=O)NC2=O)[nH]1. The van der Waals surface area contributed by atoms with E-state index in [2.05, 4.69) is 29.5 Å². The molecular formula is C12H17N3O2. The molecule has 5 heteroatoms. The van der Waals surface area contributed by atoms with Crippen LogP contribution in [0.2, 0.25) is 0 Å². The summed E-state index contributed by atoms with van der Waals surface area (Å²) in [5.74, 6) is 0.805. The second-order valence-electron chi connectivity index (χ2n) is 4.63. The third kappa shape index (κ3) is 2.67. The molecule has 2 heterocycles. The Balaban J connectivity index is 2.00. The van der Waals surface area contributed by atoms with Gasteiger partial charge in [0, 0.05) is 12.1 Å². The highest BCUT2D eigenvalue weighted by Gasteiger charge is 2.26. The molecule has 1 fully saturated rings. The highest BCUT2D eigenvalue weighted by atomic mass is 16.2. The molecule has 0 spiro atoms. The summed E-state index contributed by atoms with van der Waals surface area (Å²) in [7, 11) is 0. The highest BCUT2D eigenvalue weighted by molar-refractivity contribution is 6.01. The van der Waals surface area contributed by atoms with Crippen molar-refractivity contribution in [2.45, 2.75) is 38.6 Å². The molecule has 1 atom stereocenters. The number of aromatic nitrogens is 1. The Hall–Kier alpha value is -1.78. The van der Waals surface area contributed by atoms with Crippen molar-refractivity contribution in [2.24, 2.45) is 0 Å². The van der Waals surface area contributed by atoms with Crippen molar-refractivity contribution in [1.82, 2.24) is 10.3 Å². The first kappa shape index (κ1) is 11.7. The molecule has 1 aromatic rings. The molecule has 2 amide bonds. The Kier molecular flexibility index (Phi) is 3.17. The van der Waals surface area contributed by atoms with E-state index in [0.29, 0.717) is 18.8 Å². The maximum absolute atomic E-state index is 11.5. The monoisotopic (exact) mass is 235 g/mol. The van der Waals surface area contributed by atoms with Gasteiger partial charge in [-0.25, -0.2) is 0 Å². The van der Waals surface area contributed by atoms with Gasteiger partial charge < -0.3 is 10.3 Å². The lowest BCUT2D eigenvalue weighted by Gasteiger charge is -2.21. The highest BCUT2D eigenvalue weighted by Crippen LogP contribution is 2.18. The van der Waals surface area contributed by atoms with Crippen LogP contribution in [-0.4, -0.2) is 22.8 Å². The van der Waals surface area contributed by atoms with Crippen molar-refractivity contribution in [3.8, 4) is 0 Å². The quantitative estimate of drug-likeness (QED) is 0.692. The van der Waals surface area contributed by atoms with Gasteiger partial charge in [0.05, 0.1) is 0 Å². The molecule has 1 aliphatic rings. The number of hydrogen-bond donors (Lipinski definition) is 3. The van der Waals surface area contributed by atoms with Gasteiger partial charge in [0.25, 0.3) is 0 Å². The second kappa shape index (κ2) is 4.61. The third-order valence-corrected chi connectivity index (χ3v) is 2.90. The Labute approximate surface area is 100.0 Å². The second-order valence-corrected chi connectivity index (χ2v) is 4.63. The van der Waals surface area contributed by atoms with Crippen LogP contribution in [0.25, 0.3) is 0 Å². The van der Waals surface area contributed by atoms with Crippen LogP contribution in [0.5, 0.6) is 0 Å². The topological polar surface area (TPSA) is 74.0 Å². The van der Waals surface area contributed by atoms with Crippen LogP contribution in [0.3, 0.4) is 0 Å². The van der Waals surface area contributed by atoms with E-state index in [9.17, 15) is 9.59 Å². The minimum absolute atomic E-state index is 0.192. The lowest BCUT2D eigenvalue weighted by Crippen LogP contribution is -2.47. The predicted octanol–water partition coefficient (Wildman–Crippen LogP) is 1.36. The summed E-state index contributed by atoms with van der Waals surface area (Å²) in [6.07, 6.45) is 0.932. The van der Waals surface area contributed by atoms with E-state index in [-0.39, 0.29) is 17.9 Å². The van der Waals surface area contributed by atoms with Gasteiger partial charge in [-0.3, -0.25) is 14.9 Å². The van der Waals surface area contributed by atoms with Crippen LogP contribution in [-0.2, 0) is 9.59 Å². The van der Waals surface area contributed by atoms with E-state index in [1.165, 1.54) is 0 Å². The molecule has 17 heavy (non-hydrogen) atoms. The Morgan fingerprint density at radius 2 is 2.12 bits per heavy atom. The van der Waals surface area contributed by atoms with Crippen molar-refractivity contribution in [3.05, 3.63) is 17.8 Å². The molecule has 0 aromatic carbocycles. The van der Waals surface area contributed by atoms with Crippen molar-refractivity contribution in [2.75, 3.05) is 5.32 Å². The minimum Gasteiger partial charge on any atom is -0.360 e. The summed E-state index contributed by atoms with van der Waals surface area (Å²) in [5, 5.41) is 5.43. The summed E-state index contributed by atoms with van der Waals surface area (Å²) < 4.78 is 0. The van der Waals surface area contributed by atoms with E-state index in [4.69, 9.17) is 0 Å². The van der Waals surface area contributed by atoms with Crippen molar-refractivity contribution in [1.29, 1.82) is 0 Å². The molecule has 2 rings (SSSR count). The molecular weight excluding hydrogens is 218 g/mol. The van der Waals surface area contributed by atoms with Crippen LogP contribution in [0.4, 0.5) is 5.82 Å². The zero-order chi connectivity index (χ0) is 12.4.